The molecular formula is C24H28F5N5O4S. The van der Waals surface area contributed by atoms with Crippen molar-refractivity contribution in [1.82, 2.24) is 20.2 Å². The van der Waals surface area contributed by atoms with Crippen LogP contribution >= 0.6 is 11.3 Å². The first-order valence-corrected chi connectivity index (χ1v) is 13.2. The van der Waals surface area contributed by atoms with E-state index in [0.717, 1.165) is 25.1 Å². The molecule has 4 rings (SSSR count). The van der Waals surface area contributed by atoms with Crippen LogP contribution in [0.15, 0.2) is 12.3 Å². The number of carbonyl (C=O) groups is 2. The molecule has 0 bridgehead atoms. The minimum atomic E-state index is -4.62. The number of ether oxygens (including phenoxy) is 1. The number of amides is 2. The van der Waals surface area contributed by atoms with Gasteiger partial charge in [-0.15, -0.1) is 11.3 Å². The third-order valence-corrected chi connectivity index (χ3v) is 7.83. The van der Waals surface area contributed by atoms with Crippen LogP contribution < -0.4 is 10.6 Å². The Morgan fingerprint density at radius 2 is 2.05 bits per heavy atom. The smallest absolute Gasteiger partial charge is 0.388 e. The molecule has 39 heavy (non-hydrogen) atoms. The van der Waals surface area contributed by atoms with Gasteiger partial charge in [-0.25, -0.2) is 18.7 Å². The first-order chi connectivity index (χ1) is 18.4. The van der Waals surface area contributed by atoms with Crippen molar-refractivity contribution < 1.29 is 41.4 Å². The van der Waals surface area contributed by atoms with Gasteiger partial charge in [0.25, 0.3) is 18.2 Å². The van der Waals surface area contributed by atoms with Crippen molar-refractivity contribution in [1.29, 1.82) is 0 Å². The van der Waals surface area contributed by atoms with E-state index in [9.17, 15) is 36.6 Å². The zero-order valence-electron chi connectivity index (χ0n) is 21.1. The molecule has 2 aromatic rings. The SMILES string of the molecule is CC[C@H](Nc1cc(C(F)F)c(-c2sc(C(=O)N[C@H]3COC[C@@H]3O)nc2C(=O)N2CCC[C@@H]2C)cn1)C(F)(F)F. The Morgan fingerprint density at radius 1 is 1.31 bits per heavy atom. The van der Waals surface area contributed by atoms with Gasteiger partial charge in [-0.05, 0) is 32.3 Å². The summed E-state index contributed by atoms with van der Waals surface area (Å²) in [5.74, 6) is -1.69. The van der Waals surface area contributed by atoms with Crippen molar-refractivity contribution in [3.63, 3.8) is 0 Å². The lowest BCUT2D eigenvalue weighted by molar-refractivity contribution is -0.142. The highest BCUT2D eigenvalue weighted by molar-refractivity contribution is 7.17. The molecule has 0 unspecified atom stereocenters. The van der Waals surface area contributed by atoms with Crippen molar-refractivity contribution in [3.8, 4) is 10.4 Å². The minimum absolute atomic E-state index is 0.0294. The Hall–Kier alpha value is -2.91. The van der Waals surface area contributed by atoms with Gasteiger partial charge in [0, 0.05) is 29.9 Å². The highest BCUT2D eigenvalue weighted by Gasteiger charge is 2.39. The highest BCUT2D eigenvalue weighted by atomic mass is 32.1. The van der Waals surface area contributed by atoms with Crippen LogP contribution in [0.2, 0.25) is 0 Å². The normalized spacial score (nSPS) is 22.4. The minimum Gasteiger partial charge on any atom is -0.388 e. The summed E-state index contributed by atoms with van der Waals surface area (Å²) in [6.45, 7) is 3.64. The number of rotatable bonds is 8. The van der Waals surface area contributed by atoms with E-state index >= 15 is 0 Å². The zero-order valence-corrected chi connectivity index (χ0v) is 21.9. The molecule has 2 aliphatic heterocycles. The summed E-state index contributed by atoms with van der Waals surface area (Å²) in [5.41, 5.74) is -1.11. The predicted octanol–water partition coefficient (Wildman–Crippen LogP) is 4.01. The predicted molar refractivity (Wildman–Crippen MR) is 132 cm³/mol. The number of nitrogens with zero attached hydrogens (tertiary/aromatic N) is 3. The first kappa shape index (κ1) is 29.1. The number of nitrogens with one attached hydrogen (secondary N) is 2. The van der Waals surface area contributed by atoms with Crippen molar-refractivity contribution in [2.45, 2.75) is 69.9 Å². The maximum Gasteiger partial charge on any atom is 0.408 e. The van der Waals surface area contributed by atoms with Crippen LogP contribution in [0.5, 0.6) is 0 Å². The van der Waals surface area contributed by atoms with Crippen LogP contribution in [0.1, 0.15) is 65.4 Å². The fourth-order valence-electron chi connectivity index (χ4n) is 4.54. The molecule has 0 radical (unpaired) electrons. The quantitative estimate of drug-likeness (QED) is 0.406. The number of halogens is 5. The lowest BCUT2D eigenvalue weighted by Gasteiger charge is -2.22. The highest BCUT2D eigenvalue weighted by Crippen LogP contribution is 2.39. The number of aliphatic hydroxyl groups is 1. The van der Waals surface area contributed by atoms with E-state index in [1.165, 1.54) is 11.8 Å². The Bertz CT molecular complexity index is 1210. The van der Waals surface area contributed by atoms with Crippen molar-refractivity contribution in [2.24, 2.45) is 0 Å². The van der Waals surface area contributed by atoms with Crippen molar-refractivity contribution in [3.05, 3.63) is 28.5 Å². The molecule has 4 atom stereocenters. The van der Waals surface area contributed by atoms with Gasteiger partial charge in [0.05, 0.1) is 30.2 Å². The fraction of sp³-hybridized carbons (Fsp3) is 0.583. The van der Waals surface area contributed by atoms with Gasteiger partial charge in [0.2, 0.25) is 0 Å². The van der Waals surface area contributed by atoms with E-state index in [4.69, 9.17) is 4.74 Å². The second-order valence-electron chi connectivity index (χ2n) is 9.48. The molecule has 0 aliphatic carbocycles. The molecule has 2 fully saturated rings. The number of hydrogen-bond acceptors (Lipinski definition) is 8. The summed E-state index contributed by atoms with van der Waals surface area (Å²) in [6, 6.07) is -2.04. The van der Waals surface area contributed by atoms with Crippen molar-refractivity contribution >= 4 is 29.0 Å². The number of hydrogen-bond donors (Lipinski definition) is 3. The third-order valence-electron chi connectivity index (χ3n) is 6.75. The second-order valence-corrected chi connectivity index (χ2v) is 10.5. The lowest BCUT2D eigenvalue weighted by atomic mass is 10.1. The molecule has 15 heteroatoms. The van der Waals surface area contributed by atoms with Crippen LogP contribution in [0, 0.1) is 0 Å². The van der Waals surface area contributed by atoms with E-state index in [1.807, 2.05) is 6.92 Å². The largest absolute Gasteiger partial charge is 0.408 e. The van der Waals surface area contributed by atoms with Crippen molar-refractivity contribution in [2.75, 3.05) is 25.1 Å². The van der Waals surface area contributed by atoms with Crippen LogP contribution in [0.3, 0.4) is 0 Å². The Balaban J connectivity index is 1.74. The average molecular weight is 578 g/mol. The summed E-state index contributed by atoms with van der Waals surface area (Å²) in [5, 5.41) is 14.5. The van der Waals surface area contributed by atoms with E-state index < -0.39 is 54.0 Å². The molecule has 4 heterocycles. The van der Waals surface area contributed by atoms with Gasteiger partial charge in [0.1, 0.15) is 17.6 Å². The van der Waals surface area contributed by atoms with Gasteiger partial charge in [0.15, 0.2) is 5.01 Å². The summed E-state index contributed by atoms with van der Waals surface area (Å²) in [7, 11) is 0. The molecule has 2 saturated heterocycles. The van der Waals surface area contributed by atoms with Gasteiger partial charge in [-0.2, -0.15) is 13.2 Å². The number of aliphatic hydroxyl groups excluding tert-OH is 1. The maximum atomic E-state index is 14.2. The molecule has 0 saturated carbocycles. The summed E-state index contributed by atoms with van der Waals surface area (Å²) in [6.07, 6.45) is -6.61. The third kappa shape index (κ3) is 6.30. The Kier molecular flexibility index (Phi) is 8.71. The van der Waals surface area contributed by atoms with E-state index in [1.54, 1.807) is 0 Å². The Morgan fingerprint density at radius 3 is 2.62 bits per heavy atom. The molecule has 0 spiro atoms. The zero-order chi connectivity index (χ0) is 28.5. The van der Waals surface area contributed by atoms with Gasteiger partial charge < -0.3 is 25.4 Å². The molecule has 2 aromatic heterocycles. The summed E-state index contributed by atoms with van der Waals surface area (Å²) >= 11 is 0.687. The topological polar surface area (TPSA) is 117 Å². The summed E-state index contributed by atoms with van der Waals surface area (Å²) < 4.78 is 73.2. The number of anilines is 1. The van der Waals surface area contributed by atoms with Gasteiger partial charge in [-0.3, -0.25) is 9.59 Å². The standard InChI is InChI=1S/C24H28F5N5O4S/c1-3-16(24(27,28)29)32-17-7-12(20(25)26)13(8-30-17)19-18(23(37)34-6-4-5-11(34)2)33-22(39-19)21(36)31-14-9-38-10-15(14)35/h7-8,11,14-16,20,35H,3-6,9-10H2,1-2H3,(H,30,32)(H,31,36)/t11-,14-,15-,16-/m0/s1. The molecule has 9 nitrogen and oxygen atoms in total. The summed E-state index contributed by atoms with van der Waals surface area (Å²) in [4.78, 5) is 36.0. The van der Waals surface area contributed by atoms with Crippen LogP contribution in [-0.2, 0) is 4.74 Å². The van der Waals surface area contributed by atoms with E-state index in [2.05, 4.69) is 20.6 Å². The van der Waals surface area contributed by atoms with Crippen LogP contribution in [0.25, 0.3) is 10.4 Å². The molecule has 2 amide bonds. The maximum absolute atomic E-state index is 14.2. The number of thiazole rings is 1. The average Bonchev–Trinajstić information content (AvgIpc) is 3.61. The number of carbonyl (C=O) groups excluding carboxylic acids is 2. The van der Waals surface area contributed by atoms with Crippen LogP contribution in [-0.4, -0.2) is 82.0 Å². The first-order valence-electron chi connectivity index (χ1n) is 12.4. The molecule has 0 aromatic carbocycles. The number of aromatic nitrogens is 2. The lowest BCUT2D eigenvalue weighted by Crippen LogP contribution is -2.42. The monoisotopic (exact) mass is 577 g/mol. The van der Waals surface area contributed by atoms with Crippen LogP contribution in [0.4, 0.5) is 27.8 Å². The second kappa shape index (κ2) is 11.7. The number of likely N-dealkylation sites (tertiary alicyclic amines) is 1. The molecule has 214 valence electrons. The van der Waals surface area contributed by atoms with E-state index in [0.29, 0.717) is 17.9 Å². The van der Waals surface area contributed by atoms with E-state index in [-0.39, 0.29) is 46.8 Å². The number of pyridine rings is 1. The fourth-order valence-corrected chi connectivity index (χ4v) is 5.53. The molecular weight excluding hydrogens is 549 g/mol. The molecule has 2 aliphatic rings. The van der Waals surface area contributed by atoms with Gasteiger partial charge in [-0.1, -0.05) is 6.92 Å². The number of alkyl halides is 5. The van der Waals surface area contributed by atoms with Gasteiger partial charge >= 0.3 is 6.18 Å². The molecule has 3 N–H and O–H groups in total. The Labute approximate surface area is 224 Å².